The number of pyridine rings is 1. The maximum atomic E-state index is 4.18. The van der Waals surface area contributed by atoms with Gasteiger partial charge in [-0.2, -0.15) is 0 Å². The minimum atomic E-state index is 0.987. The lowest BCUT2D eigenvalue weighted by atomic mass is 10.0. The Morgan fingerprint density at radius 2 is 2.15 bits per heavy atom. The zero-order valence-corrected chi connectivity index (χ0v) is 9.89. The van der Waals surface area contributed by atoms with Crippen molar-refractivity contribution in [2.75, 3.05) is 0 Å². The van der Waals surface area contributed by atoms with E-state index in [0.717, 1.165) is 4.60 Å². The highest BCUT2D eigenvalue weighted by atomic mass is 79.9. The summed E-state index contributed by atoms with van der Waals surface area (Å²) >= 11 is 3.44. The number of nitrogens with zero attached hydrogens (tertiary/aromatic N) is 1. The summed E-state index contributed by atoms with van der Waals surface area (Å²) in [5, 5.41) is 0. The maximum absolute atomic E-state index is 4.18. The maximum Gasteiger partial charge on any atom is 0.109 e. The van der Waals surface area contributed by atoms with Gasteiger partial charge in [0.2, 0.25) is 0 Å². The molecule has 1 nitrogen and oxygen atoms in total. The smallest absolute Gasteiger partial charge is 0.109 e. The van der Waals surface area contributed by atoms with Gasteiger partial charge in [0, 0.05) is 6.20 Å². The molecule has 0 saturated heterocycles. The molecule has 2 heteroatoms. The van der Waals surface area contributed by atoms with E-state index in [1.165, 1.54) is 36.8 Å². The molecule has 0 saturated carbocycles. The summed E-state index contributed by atoms with van der Waals surface area (Å²) in [6.07, 6.45) is 6.94. The third-order valence-electron chi connectivity index (χ3n) is 2.30. The number of hydrogen-bond donors (Lipinski definition) is 0. The van der Waals surface area contributed by atoms with Crippen LogP contribution in [0, 0.1) is 6.92 Å². The summed E-state index contributed by atoms with van der Waals surface area (Å²) in [5.41, 5.74) is 2.72. The van der Waals surface area contributed by atoms with Crippen molar-refractivity contribution in [3.63, 3.8) is 0 Å². The van der Waals surface area contributed by atoms with Crippen molar-refractivity contribution in [3.8, 4) is 0 Å². The number of hydrogen-bond acceptors (Lipinski definition) is 1. The van der Waals surface area contributed by atoms with E-state index in [0.29, 0.717) is 0 Å². The van der Waals surface area contributed by atoms with E-state index < -0.39 is 0 Å². The molecule has 1 aromatic heterocycles. The molecule has 0 aliphatic carbocycles. The Morgan fingerprint density at radius 3 is 2.85 bits per heavy atom. The Balaban J connectivity index is 2.61. The average Bonchev–Trinajstić information content (AvgIpc) is 2.13. The van der Waals surface area contributed by atoms with Gasteiger partial charge in [-0.3, -0.25) is 0 Å². The lowest BCUT2D eigenvalue weighted by molar-refractivity contribution is 0.714. The Kier molecular flexibility index (Phi) is 4.43. The highest BCUT2D eigenvalue weighted by Gasteiger charge is 2.01. The lowest BCUT2D eigenvalue weighted by Gasteiger charge is -2.05. The van der Waals surface area contributed by atoms with Crippen molar-refractivity contribution in [2.45, 2.75) is 39.5 Å². The molecular formula is C11H16BrN. The van der Waals surface area contributed by atoms with Gasteiger partial charge in [0.25, 0.3) is 0 Å². The van der Waals surface area contributed by atoms with Gasteiger partial charge in [0.05, 0.1) is 0 Å². The third-order valence-corrected chi connectivity index (χ3v) is 3.10. The molecular weight excluding hydrogens is 226 g/mol. The van der Waals surface area contributed by atoms with Crippen molar-refractivity contribution in [1.82, 2.24) is 4.98 Å². The van der Waals surface area contributed by atoms with Crippen LogP contribution in [0.4, 0.5) is 0 Å². The van der Waals surface area contributed by atoms with Crippen LogP contribution in [0.15, 0.2) is 16.9 Å². The van der Waals surface area contributed by atoms with Crippen LogP contribution in [0.5, 0.6) is 0 Å². The molecule has 72 valence electrons. The Bertz CT molecular complexity index is 271. The Labute approximate surface area is 88.7 Å². The van der Waals surface area contributed by atoms with Gasteiger partial charge in [-0.15, -0.1) is 0 Å². The second-order valence-corrected chi connectivity index (χ2v) is 4.09. The quantitative estimate of drug-likeness (QED) is 0.576. The SMILES string of the molecule is CCCCCc1ccnc(Br)c1C. The predicted molar refractivity (Wildman–Crippen MR) is 59.9 cm³/mol. The van der Waals surface area contributed by atoms with Crippen LogP contribution in [0.1, 0.15) is 37.3 Å². The minimum absolute atomic E-state index is 0.987. The van der Waals surface area contributed by atoms with E-state index >= 15 is 0 Å². The monoisotopic (exact) mass is 241 g/mol. The number of aromatic nitrogens is 1. The fraction of sp³-hybridized carbons (Fsp3) is 0.545. The molecule has 0 aromatic carbocycles. The summed E-state index contributed by atoms with van der Waals surface area (Å²) in [5.74, 6) is 0. The second-order valence-electron chi connectivity index (χ2n) is 3.34. The Hall–Kier alpha value is -0.370. The molecule has 1 aromatic rings. The number of aryl methyl sites for hydroxylation is 1. The molecule has 0 bridgehead atoms. The summed E-state index contributed by atoms with van der Waals surface area (Å²) in [7, 11) is 0. The highest BCUT2D eigenvalue weighted by molar-refractivity contribution is 9.10. The normalized spacial score (nSPS) is 10.4. The van der Waals surface area contributed by atoms with Crippen molar-refractivity contribution in [1.29, 1.82) is 0 Å². The van der Waals surface area contributed by atoms with Gasteiger partial charge < -0.3 is 0 Å². The number of unbranched alkanes of at least 4 members (excludes halogenated alkanes) is 2. The molecule has 0 radical (unpaired) electrons. The molecule has 1 heterocycles. The highest BCUT2D eigenvalue weighted by Crippen LogP contribution is 2.18. The van der Waals surface area contributed by atoms with E-state index in [1.54, 1.807) is 0 Å². The third kappa shape index (κ3) is 3.11. The van der Waals surface area contributed by atoms with Gasteiger partial charge in [-0.05, 0) is 52.9 Å². The van der Waals surface area contributed by atoms with Crippen molar-refractivity contribution < 1.29 is 0 Å². The molecule has 0 spiro atoms. The molecule has 0 amide bonds. The topological polar surface area (TPSA) is 12.9 Å². The van der Waals surface area contributed by atoms with E-state index in [1.807, 2.05) is 6.20 Å². The standard InChI is InChI=1S/C11H16BrN/c1-3-4-5-6-10-7-8-13-11(12)9(10)2/h7-8H,3-6H2,1-2H3. The van der Waals surface area contributed by atoms with Crippen molar-refractivity contribution in [3.05, 3.63) is 28.0 Å². The molecule has 0 atom stereocenters. The molecule has 0 fully saturated rings. The largest absolute Gasteiger partial charge is 0.249 e. The molecule has 0 unspecified atom stereocenters. The van der Waals surface area contributed by atoms with E-state index in [-0.39, 0.29) is 0 Å². The summed E-state index contributed by atoms with van der Waals surface area (Å²) in [4.78, 5) is 4.18. The first-order valence-corrected chi connectivity index (χ1v) is 5.65. The predicted octanol–water partition coefficient (Wildman–Crippen LogP) is 3.89. The Morgan fingerprint density at radius 1 is 1.38 bits per heavy atom. The van der Waals surface area contributed by atoms with Crippen LogP contribution in [0.25, 0.3) is 0 Å². The van der Waals surface area contributed by atoms with E-state index in [2.05, 4.69) is 40.8 Å². The second kappa shape index (κ2) is 5.38. The van der Waals surface area contributed by atoms with E-state index in [9.17, 15) is 0 Å². The van der Waals surface area contributed by atoms with Crippen LogP contribution in [-0.2, 0) is 6.42 Å². The fourth-order valence-corrected chi connectivity index (χ4v) is 1.76. The minimum Gasteiger partial charge on any atom is -0.249 e. The first-order chi connectivity index (χ1) is 6.25. The lowest BCUT2D eigenvalue weighted by Crippen LogP contribution is -1.92. The molecule has 0 N–H and O–H groups in total. The van der Waals surface area contributed by atoms with Crippen molar-refractivity contribution in [2.24, 2.45) is 0 Å². The van der Waals surface area contributed by atoms with Gasteiger partial charge >= 0.3 is 0 Å². The zero-order chi connectivity index (χ0) is 9.68. The van der Waals surface area contributed by atoms with Crippen LogP contribution in [0.2, 0.25) is 0 Å². The first-order valence-electron chi connectivity index (χ1n) is 4.85. The van der Waals surface area contributed by atoms with Gasteiger partial charge in [-0.1, -0.05) is 19.8 Å². The molecule has 0 aliphatic heterocycles. The van der Waals surface area contributed by atoms with Crippen molar-refractivity contribution >= 4 is 15.9 Å². The molecule has 13 heavy (non-hydrogen) atoms. The van der Waals surface area contributed by atoms with Crippen LogP contribution < -0.4 is 0 Å². The van der Waals surface area contributed by atoms with Crippen LogP contribution in [-0.4, -0.2) is 4.98 Å². The van der Waals surface area contributed by atoms with Crippen LogP contribution in [0.3, 0.4) is 0 Å². The van der Waals surface area contributed by atoms with Gasteiger partial charge in [-0.25, -0.2) is 4.98 Å². The molecule has 0 aliphatic rings. The first kappa shape index (κ1) is 10.7. The average molecular weight is 242 g/mol. The van der Waals surface area contributed by atoms with Gasteiger partial charge in [0.15, 0.2) is 0 Å². The molecule has 1 rings (SSSR count). The summed E-state index contributed by atoms with van der Waals surface area (Å²) in [6, 6.07) is 2.12. The number of rotatable bonds is 4. The summed E-state index contributed by atoms with van der Waals surface area (Å²) < 4.78 is 0.987. The van der Waals surface area contributed by atoms with Gasteiger partial charge in [0.1, 0.15) is 4.60 Å². The fourth-order valence-electron chi connectivity index (χ4n) is 1.38. The zero-order valence-electron chi connectivity index (χ0n) is 8.31. The number of halogens is 1. The van der Waals surface area contributed by atoms with E-state index in [4.69, 9.17) is 0 Å². The summed E-state index contributed by atoms with van der Waals surface area (Å²) in [6.45, 7) is 4.35. The van der Waals surface area contributed by atoms with Crippen LogP contribution >= 0.6 is 15.9 Å².